The zero-order valence-corrected chi connectivity index (χ0v) is 8.48. The molecule has 0 radical (unpaired) electrons. The molecule has 3 heterocycles. The summed E-state index contributed by atoms with van der Waals surface area (Å²) in [5.41, 5.74) is 0.662. The lowest BCUT2D eigenvalue weighted by molar-refractivity contribution is 0.0782. The Labute approximate surface area is 88.2 Å². The number of nitrogens with zero attached hydrogens (tertiary/aromatic N) is 1. The fraction of sp³-hybridized carbons (Fsp3) is 0.545. The van der Waals surface area contributed by atoms with Gasteiger partial charge in [0, 0.05) is 19.1 Å². The fourth-order valence-electron chi connectivity index (χ4n) is 2.58. The topological polar surface area (TPSA) is 45.5 Å². The van der Waals surface area contributed by atoms with Crippen LogP contribution in [0, 0.1) is 5.92 Å². The highest BCUT2D eigenvalue weighted by Gasteiger charge is 2.38. The van der Waals surface area contributed by atoms with E-state index in [9.17, 15) is 4.79 Å². The summed E-state index contributed by atoms with van der Waals surface area (Å²) in [6.45, 7) is 2.83. The van der Waals surface area contributed by atoms with Gasteiger partial charge in [0.1, 0.15) is 6.26 Å². The molecular formula is C11H14N2O2. The molecule has 80 valence electrons. The van der Waals surface area contributed by atoms with E-state index in [1.54, 1.807) is 12.3 Å². The summed E-state index contributed by atoms with van der Waals surface area (Å²) >= 11 is 0. The molecule has 2 atom stereocenters. The molecule has 1 aromatic heterocycles. The minimum Gasteiger partial charge on any atom is -0.472 e. The number of carbonyl (C=O) groups is 1. The first-order chi connectivity index (χ1) is 7.34. The molecule has 4 nitrogen and oxygen atoms in total. The van der Waals surface area contributed by atoms with Crippen LogP contribution in [-0.4, -0.2) is 36.5 Å². The normalized spacial score (nSPS) is 29.5. The van der Waals surface area contributed by atoms with Crippen molar-refractivity contribution in [3.05, 3.63) is 24.2 Å². The van der Waals surface area contributed by atoms with Crippen molar-refractivity contribution < 1.29 is 9.21 Å². The van der Waals surface area contributed by atoms with Crippen LogP contribution in [0.3, 0.4) is 0 Å². The quantitative estimate of drug-likeness (QED) is 0.736. The van der Waals surface area contributed by atoms with Gasteiger partial charge in [0.15, 0.2) is 0 Å². The third-order valence-corrected chi connectivity index (χ3v) is 3.42. The molecule has 1 amide bonds. The van der Waals surface area contributed by atoms with Crippen LogP contribution in [0.2, 0.25) is 0 Å². The standard InChI is InChI=1S/C11H14N2O2/c14-11(9-2-4-15-7-9)13-5-8-1-3-12-10(8)6-13/h2,4,7-8,10,12H,1,3,5-6H2/t8-,10+/m1/s1. The predicted octanol–water partition coefficient (Wildman–Crippen LogP) is 0.713. The zero-order chi connectivity index (χ0) is 10.3. The average molecular weight is 206 g/mol. The lowest BCUT2D eigenvalue weighted by Crippen LogP contribution is -2.33. The molecule has 0 unspecified atom stereocenters. The van der Waals surface area contributed by atoms with Gasteiger partial charge in [-0.3, -0.25) is 4.79 Å². The second-order valence-corrected chi connectivity index (χ2v) is 4.33. The van der Waals surface area contributed by atoms with Crippen molar-refractivity contribution in [2.45, 2.75) is 12.5 Å². The van der Waals surface area contributed by atoms with Crippen molar-refractivity contribution in [1.29, 1.82) is 0 Å². The van der Waals surface area contributed by atoms with Gasteiger partial charge in [-0.1, -0.05) is 0 Å². The Bertz CT molecular complexity index is 349. The maximum absolute atomic E-state index is 12.0. The predicted molar refractivity (Wildman–Crippen MR) is 54.5 cm³/mol. The van der Waals surface area contributed by atoms with Crippen LogP contribution >= 0.6 is 0 Å². The summed E-state index contributed by atoms with van der Waals surface area (Å²) in [5, 5.41) is 3.43. The Morgan fingerprint density at radius 2 is 2.47 bits per heavy atom. The highest BCUT2D eigenvalue weighted by atomic mass is 16.3. The molecule has 4 heteroatoms. The van der Waals surface area contributed by atoms with E-state index >= 15 is 0 Å². The Hall–Kier alpha value is -1.29. The number of rotatable bonds is 1. The van der Waals surface area contributed by atoms with Crippen molar-refractivity contribution in [1.82, 2.24) is 10.2 Å². The van der Waals surface area contributed by atoms with E-state index in [-0.39, 0.29) is 5.91 Å². The van der Waals surface area contributed by atoms with Crippen molar-refractivity contribution in [3.63, 3.8) is 0 Å². The van der Waals surface area contributed by atoms with Crippen LogP contribution in [0.4, 0.5) is 0 Å². The van der Waals surface area contributed by atoms with Gasteiger partial charge in [0.05, 0.1) is 11.8 Å². The number of amides is 1. The molecule has 15 heavy (non-hydrogen) atoms. The molecular weight excluding hydrogens is 192 g/mol. The van der Waals surface area contributed by atoms with E-state index in [4.69, 9.17) is 4.42 Å². The molecule has 2 aliphatic heterocycles. The maximum Gasteiger partial charge on any atom is 0.257 e. The van der Waals surface area contributed by atoms with Gasteiger partial charge in [0.25, 0.3) is 5.91 Å². The molecule has 0 aromatic carbocycles. The third kappa shape index (κ3) is 1.45. The SMILES string of the molecule is O=C(c1ccoc1)N1C[C@H]2CCN[C@H]2C1. The number of hydrogen-bond donors (Lipinski definition) is 1. The van der Waals surface area contributed by atoms with Crippen LogP contribution in [0.25, 0.3) is 0 Å². The van der Waals surface area contributed by atoms with E-state index in [0.717, 1.165) is 19.6 Å². The largest absolute Gasteiger partial charge is 0.472 e. The zero-order valence-electron chi connectivity index (χ0n) is 8.48. The highest BCUT2D eigenvalue weighted by Crippen LogP contribution is 2.25. The summed E-state index contributed by atoms with van der Waals surface area (Å²) in [7, 11) is 0. The van der Waals surface area contributed by atoms with Gasteiger partial charge in [-0.15, -0.1) is 0 Å². The summed E-state index contributed by atoms with van der Waals surface area (Å²) in [6, 6.07) is 2.24. The molecule has 1 aromatic rings. The lowest BCUT2D eigenvalue weighted by Gasteiger charge is -2.15. The molecule has 3 rings (SSSR count). The summed E-state index contributed by atoms with van der Waals surface area (Å²) in [5.74, 6) is 0.751. The lowest BCUT2D eigenvalue weighted by atomic mass is 10.1. The Morgan fingerprint density at radius 3 is 3.20 bits per heavy atom. The first-order valence-electron chi connectivity index (χ1n) is 5.39. The minimum absolute atomic E-state index is 0.0972. The maximum atomic E-state index is 12.0. The Balaban J connectivity index is 1.72. The van der Waals surface area contributed by atoms with Gasteiger partial charge in [0.2, 0.25) is 0 Å². The van der Waals surface area contributed by atoms with Crippen LogP contribution in [-0.2, 0) is 0 Å². The van der Waals surface area contributed by atoms with Crippen LogP contribution < -0.4 is 5.32 Å². The van der Waals surface area contributed by atoms with Gasteiger partial charge >= 0.3 is 0 Å². The first-order valence-corrected chi connectivity index (χ1v) is 5.39. The molecule has 2 fully saturated rings. The second-order valence-electron chi connectivity index (χ2n) is 4.33. The molecule has 0 aliphatic carbocycles. The fourth-order valence-corrected chi connectivity index (χ4v) is 2.58. The van der Waals surface area contributed by atoms with Gasteiger partial charge < -0.3 is 14.6 Å². The molecule has 0 saturated carbocycles. The highest BCUT2D eigenvalue weighted by molar-refractivity contribution is 5.94. The number of likely N-dealkylation sites (tertiary alicyclic amines) is 1. The number of furan rings is 1. The number of hydrogen-bond acceptors (Lipinski definition) is 3. The number of carbonyl (C=O) groups excluding carboxylic acids is 1. The molecule has 1 N–H and O–H groups in total. The number of nitrogens with one attached hydrogen (secondary N) is 1. The van der Waals surface area contributed by atoms with Gasteiger partial charge in [-0.25, -0.2) is 0 Å². The second kappa shape index (κ2) is 3.38. The summed E-state index contributed by atoms with van der Waals surface area (Å²) < 4.78 is 4.93. The first kappa shape index (κ1) is 8.97. The number of fused-ring (bicyclic) bond motifs is 1. The third-order valence-electron chi connectivity index (χ3n) is 3.42. The van der Waals surface area contributed by atoms with Gasteiger partial charge in [-0.05, 0) is 24.9 Å². The Morgan fingerprint density at radius 1 is 1.53 bits per heavy atom. The van der Waals surface area contributed by atoms with Gasteiger partial charge in [-0.2, -0.15) is 0 Å². The van der Waals surface area contributed by atoms with E-state index in [2.05, 4.69) is 5.32 Å². The Kier molecular flexibility index (Phi) is 2.02. The molecule has 2 aliphatic rings. The van der Waals surface area contributed by atoms with E-state index in [1.807, 2.05) is 4.90 Å². The van der Waals surface area contributed by atoms with Crippen molar-refractivity contribution in [2.75, 3.05) is 19.6 Å². The smallest absolute Gasteiger partial charge is 0.257 e. The summed E-state index contributed by atoms with van der Waals surface area (Å²) in [6.07, 6.45) is 4.26. The van der Waals surface area contributed by atoms with Crippen molar-refractivity contribution in [3.8, 4) is 0 Å². The molecule has 2 saturated heterocycles. The van der Waals surface area contributed by atoms with Crippen molar-refractivity contribution in [2.24, 2.45) is 5.92 Å². The van der Waals surface area contributed by atoms with Crippen LogP contribution in [0.5, 0.6) is 0 Å². The van der Waals surface area contributed by atoms with Crippen LogP contribution in [0.1, 0.15) is 16.8 Å². The van der Waals surface area contributed by atoms with Crippen molar-refractivity contribution >= 4 is 5.91 Å². The molecule has 0 spiro atoms. The average Bonchev–Trinajstić information content (AvgIpc) is 2.92. The monoisotopic (exact) mass is 206 g/mol. The van der Waals surface area contributed by atoms with E-state index in [0.29, 0.717) is 17.5 Å². The van der Waals surface area contributed by atoms with E-state index < -0.39 is 0 Å². The van der Waals surface area contributed by atoms with Crippen LogP contribution in [0.15, 0.2) is 23.0 Å². The summed E-state index contributed by atoms with van der Waals surface area (Å²) in [4.78, 5) is 13.9. The molecule has 0 bridgehead atoms. The minimum atomic E-state index is 0.0972. The van der Waals surface area contributed by atoms with E-state index in [1.165, 1.54) is 12.7 Å².